The Morgan fingerprint density at radius 3 is 1.74 bits per heavy atom. The van der Waals surface area contributed by atoms with E-state index in [9.17, 15) is 0 Å². The first-order valence-electron chi connectivity index (χ1n) is 7.10. The molecule has 0 fully saturated rings. The van der Waals surface area contributed by atoms with Gasteiger partial charge in [0.05, 0.1) is 17.7 Å². The van der Waals surface area contributed by atoms with E-state index in [4.69, 9.17) is 4.84 Å². The van der Waals surface area contributed by atoms with Crippen molar-refractivity contribution in [2.24, 2.45) is 5.41 Å². The fraction of sp³-hybridized carbons (Fsp3) is 0.647. The van der Waals surface area contributed by atoms with Crippen molar-refractivity contribution in [2.75, 3.05) is 6.61 Å². The topological polar surface area (TPSA) is 12.5 Å². The van der Waals surface area contributed by atoms with Crippen molar-refractivity contribution in [3.05, 3.63) is 35.4 Å². The smallest absolute Gasteiger partial charge is 0.0734 e. The molecule has 19 heavy (non-hydrogen) atoms. The predicted octanol–water partition coefficient (Wildman–Crippen LogP) is 4.45. The Bertz CT molecular complexity index is 433. The highest BCUT2D eigenvalue weighted by atomic mass is 16.7. The Morgan fingerprint density at radius 1 is 0.947 bits per heavy atom. The largest absolute Gasteiger partial charge is 0.297 e. The zero-order valence-corrected chi connectivity index (χ0v) is 13.4. The van der Waals surface area contributed by atoms with Gasteiger partial charge in [-0.1, -0.05) is 45.0 Å². The quantitative estimate of drug-likeness (QED) is 0.780. The van der Waals surface area contributed by atoms with Gasteiger partial charge in [0.2, 0.25) is 0 Å². The minimum absolute atomic E-state index is 0.0919. The van der Waals surface area contributed by atoms with Crippen molar-refractivity contribution in [1.82, 2.24) is 5.06 Å². The SMILES string of the molecule is CC(C)(C)CON1C(C)(C)c2ccccc2C1(C)C. The molecule has 0 radical (unpaired) electrons. The molecule has 1 aliphatic rings. The number of hydrogen-bond donors (Lipinski definition) is 0. The Balaban J connectivity index is 2.36. The minimum atomic E-state index is -0.0919. The third kappa shape index (κ3) is 2.44. The monoisotopic (exact) mass is 261 g/mol. The van der Waals surface area contributed by atoms with Crippen LogP contribution in [0, 0.1) is 5.41 Å². The highest BCUT2D eigenvalue weighted by molar-refractivity contribution is 5.42. The highest BCUT2D eigenvalue weighted by Gasteiger charge is 2.50. The van der Waals surface area contributed by atoms with Crippen LogP contribution in [0.4, 0.5) is 0 Å². The Hall–Kier alpha value is -0.860. The van der Waals surface area contributed by atoms with E-state index in [-0.39, 0.29) is 16.5 Å². The van der Waals surface area contributed by atoms with Crippen LogP contribution in [0.2, 0.25) is 0 Å². The van der Waals surface area contributed by atoms with Gasteiger partial charge in [-0.05, 0) is 44.2 Å². The maximum atomic E-state index is 6.21. The Labute approximate surface area is 117 Å². The first-order chi connectivity index (χ1) is 8.57. The lowest BCUT2D eigenvalue weighted by molar-refractivity contribution is -0.272. The van der Waals surface area contributed by atoms with Crippen LogP contribution in [-0.4, -0.2) is 11.7 Å². The zero-order valence-electron chi connectivity index (χ0n) is 13.4. The van der Waals surface area contributed by atoms with Gasteiger partial charge in [0, 0.05) is 0 Å². The Morgan fingerprint density at radius 2 is 1.37 bits per heavy atom. The molecule has 2 heteroatoms. The summed E-state index contributed by atoms with van der Waals surface area (Å²) in [5.74, 6) is 0. The molecule has 2 rings (SSSR count). The van der Waals surface area contributed by atoms with Crippen LogP contribution in [0.3, 0.4) is 0 Å². The molecule has 0 unspecified atom stereocenters. The number of fused-ring (bicyclic) bond motifs is 1. The molecule has 0 saturated heterocycles. The highest BCUT2D eigenvalue weighted by Crippen LogP contribution is 2.49. The van der Waals surface area contributed by atoms with Gasteiger partial charge in [0.15, 0.2) is 0 Å². The van der Waals surface area contributed by atoms with Gasteiger partial charge >= 0.3 is 0 Å². The lowest BCUT2D eigenvalue weighted by atomic mass is 9.91. The van der Waals surface area contributed by atoms with Gasteiger partial charge < -0.3 is 0 Å². The van der Waals surface area contributed by atoms with Gasteiger partial charge in [-0.2, -0.15) is 5.06 Å². The van der Waals surface area contributed by atoms with Crippen molar-refractivity contribution in [3.8, 4) is 0 Å². The molecule has 0 aliphatic carbocycles. The standard InChI is InChI=1S/C17H27NO/c1-15(2,3)12-19-18-16(4,5)13-10-8-9-11-14(13)17(18,6)7/h8-11H,12H2,1-7H3. The van der Waals surface area contributed by atoms with Crippen LogP contribution in [0.25, 0.3) is 0 Å². The lowest BCUT2D eigenvalue weighted by Crippen LogP contribution is -2.46. The molecule has 1 aromatic carbocycles. The molecule has 1 aliphatic heterocycles. The molecule has 0 atom stereocenters. The summed E-state index contributed by atoms with van der Waals surface area (Å²) in [5, 5.41) is 2.18. The first kappa shape index (κ1) is 14.5. The number of hydrogen-bond acceptors (Lipinski definition) is 2. The Kier molecular flexibility index (Phi) is 3.31. The molecule has 0 bridgehead atoms. The fourth-order valence-corrected chi connectivity index (χ4v) is 3.05. The third-order valence-electron chi connectivity index (χ3n) is 3.89. The predicted molar refractivity (Wildman–Crippen MR) is 79.7 cm³/mol. The molecule has 1 aromatic rings. The normalized spacial score (nSPS) is 21.4. The van der Waals surface area contributed by atoms with Gasteiger partial charge in [-0.15, -0.1) is 0 Å². The molecule has 0 amide bonds. The minimum Gasteiger partial charge on any atom is -0.297 e. The van der Waals surface area contributed by atoms with E-state index in [1.807, 2.05) is 0 Å². The molecule has 106 valence electrons. The van der Waals surface area contributed by atoms with E-state index in [1.165, 1.54) is 11.1 Å². The fourth-order valence-electron chi connectivity index (χ4n) is 3.05. The van der Waals surface area contributed by atoms with E-state index < -0.39 is 0 Å². The van der Waals surface area contributed by atoms with Crippen molar-refractivity contribution in [1.29, 1.82) is 0 Å². The van der Waals surface area contributed by atoms with Gasteiger partial charge in [0.25, 0.3) is 0 Å². The van der Waals surface area contributed by atoms with Crippen molar-refractivity contribution >= 4 is 0 Å². The maximum Gasteiger partial charge on any atom is 0.0734 e. The summed E-state index contributed by atoms with van der Waals surface area (Å²) < 4.78 is 0. The van der Waals surface area contributed by atoms with E-state index in [1.54, 1.807) is 0 Å². The summed E-state index contributed by atoms with van der Waals surface area (Å²) in [6.07, 6.45) is 0. The lowest BCUT2D eigenvalue weighted by Gasteiger charge is -2.40. The van der Waals surface area contributed by atoms with Crippen LogP contribution in [-0.2, 0) is 15.9 Å². The van der Waals surface area contributed by atoms with Crippen LogP contribution in [0.15, 0.2) is 24.3 Å². The summed E-state index contributed by atoms with van der Waals surface area (Å²) in [7, 11) is 0. The summed E-state index contributed by atoms with van der Waals surface area (Å²) in [4.78, 5) is 6.21. The van der Waals surface area contributed by atoms with Crippen molar-refractivity contribution < 1.29 is 4.84 Å². The van der Waals surface area contributed by atoms with Crippen molar-refractivity contribution in [2.45, 2.75) is 59.5 Å². The summed E-state index contributed by atoms with van der Waals surface area (Å²) >= 11 is 0. The molecule has 2 nitrogen and oxygen atoms in total. The molecular weight excluding hydrogens is 234 g/mol. The molecular formula is C17H27NO. The van der Waals surface area contributed by atoms with Crippen molar-refractivity contribution in [3.63, 3.8) is 0 Å². The molecule has 0 aromatic heterocycles. The van der Waals surface area contributed by atoms with Gasteiger partial charge in [-0.3, -0.25) is 4.84 Å². The van der Waals surface area contributed by atoms with Crippen LogP contribution in [0.1, 0.15) is 59.6 Å². The first-order valence-corrected chi connectivity index (χ1v) is 7.10. The average molecular weight is 261 g/mol. The molecule has 0 saturated carbocycles. The van der Waals surface area contributed by atoms with Gasteiger partial charge in [0.1, 0.15) is 0 Å². The van der Waals surface area contributed by atoms with Crippen LogP contribution >= 0.6 is 0 Å². The van der Waals surface area contributed by atoms with Gasteiger partial charge in [-0.25, -0.2) is 0 Å². The second-order valence-electron chi connectivity index (χ2n) is 7.79. The van der Waals surface area contributed by atoms with E-state index in [0.717, 1.165) is 6.61 Å². The molecule has 0 spiro atoms. The number of nitrogens with zero attached hydrogens (tertiary/aromatic N) is 1. The van der Waals surface area contributed by atoms with Crippen LogP contribution in [0.5, 0.6) is 0 Å². The molecule has 1 heterocycles. The number of benzene rings is 1. The number of hydroxylamine groups is 2. The zero-order chi connectivity index (χ0) is 14.5. The summed E-state index contributed by atoms with van der Waals surface area (Å²) in [6.45, 7) is 16.3. The second kappa shape index (κ2) is 4.32. The summed E-state index contributed by atoms with van der Waals surface area (Å²) in [5.41, 5.74) is 2.72. The number of rotatable bonds is 2. The van der Waals surface area contributed by atoms with E-state index >= 15 is 0 Å². The maximum absolute atomic E-state index is 6.21. The van der Waals surface area contributed by atoms with E-state index in [0.29, 0.717) is 0 Å². The molecule has 0 N–H and O–H groups in total. The second-order valence-corrected chi connectivity index (χ2v) is 7.79. The average Bonchev–Trinajstić information content (AvgIpc) is 2.41. The summed E-state index contributed by atoms with van der Waals surface area (Å²) in [6, 6.07) is 8.67. The van der Waals surface area contributed by atoms with Crippen LogP contribution < -0.4 is 0 Å². The third-order valence-corrected chi connectivity index (χ3v) is 3.89. The van der Waals surface area contributed by atoms with E-state index in [2.05, 4.69) is 77.8 Å².